The van der Waals surface area contributed by atoms with Crippen molar-refractivity contribution in [3.8, 4) is 0 Å². The van der Waals surface area contributed by atoms with Crippen LogP contribution in [0.1, 0.15) is 17.7 Å². The van der Waals surface area contributed by atoms with Gasteiger partial charge in [-0.1, -0.05) is 34.1 Å². The maximum Gasteiger partial charge on any atom is 0.442 e. The van der Waals surface area contributed by atoms with Gasteiger partial charge >= 0.3 is 11.5 Å². The van der Waals surface area contributed by atoms with E-state index in [2.05, 4.69) is 20.7 Å². The van der Waals surface area contributed by atoms with Gasteiger partial charge in [-0.2, -0.15) is 13.2 Å². The second-order valence-electron chi connectivity index (χ2n) is 3.22. The highest BCUT2D eigenvalue weighted by molar-refractivity contribution is 9.10. The molecule has 0 aromatic heterocycles. The van der Waals surface area contributed by atoms with Gasteiger partial charge in [0.1, 0.15) is 5.25 Å². The van der Waals surface area contributed by atoms with Crippen LogP contribution in [-0.4, -0.2) is 18.1 Å². The molecule has 1 atom stereocenters. The van der Waals surface area contributed by atoms with Gasteiger partial charge in [0.15, 0.2) is 0 Å². The van der Waals surface area contributed by atoms with Crippen LogP contribution in [0.3, 0.4) is 0 Å². The minimum Gasteiger partial charge on any atom is -0.465 e. The molecule has 0 unspecified atom stereocenters. The Morgan fingerprint density at radius 2 is 2.06 bits per heavy atom. The zero-order valence-electron chi connectivity index (χ0n) is 9.33. The second-order valence-corrected chi connectivity index (χ2v) is 5.24. The summed E-state index contributed by atoms with van der Waals surface area (Å²) in [6.45, 7) is 1.59. The molecule has 0 saturated carbocycles. The maximum atomic E-state index is 12.5. The van der Waals surface area contributed by atoms with Crippen LogP contribution in [0.5, 0.6) is 0 Å². The molecule has 0 spiro atoms. The van der Waals surface area contributed by atoms with E-state index in [1.54, 1.807) is 25.1 Å². The zero-order valence-corrected chi connectivity index (χ0v) is 11.7. The van der Waals surface area contributed by atoms with E-state index < -0.39 is 16.7 Å². The summed E-state index contributed by atoms with van der Waals surface area (Å²) < 4.78 is 42.5. The zero-order chi connectivity index (χ0) is 13.8. The third-order valence-corrected chi connectivity index (χ3v) is 3.61. The minimum absolute atomic E-state index is 0.0399. The number of alkyl halides is 3. The largest absolute Gasteiger partial charge is 0.465 e. The number of benzene rings is 1. The Morgan fingerprint density at radius 1 is 1.44 bits per heavy atom. The number of thioether (sulfide) groups is 1. The van der Waals surface area contributed by atoms with Gasteiger partial charge in [-0.15, -0.1) is 0 Å². The molecule has 100 valence electrons. The molecule has 0 aliphatic heterocycles. The van der Waals surface area contributed by atoms with Crippen LogP contribution in [0.4, 0.5) is 13.2 Å². The Labute approximate surface area is 115 Å². The van der Waals surface area contributed by atoms with Crippen LogP contribution in [-0.2, 0) is 9.53 Å². The van der Waals surface area contributed by atoms with Crippen molar-refractivity contribution in [1.29, 1.82) is 0 Å². The van der Waals surface area contributed by atoms with Crippen LogP contribution < -0.4 is 0 Å². The van der Waals surface area contributed by atoms with Crippen molar-refractivity contribution in [3.63, 3.8) is 0 Å². The van der Waals surface area contributed by atoms with E-state index in [1.165, 1.54) is 6.07 Å². The second kappa shape index (κ2) is 6.47. The fraction of sp³-hybridized carbons (Fsp3) is 0.364. The third kappa shape index (κ3) is 4.53. The molecule has 0 amide bonds. The average Bonchev–Trinajstić information content (AvgIpc) is 2.26. The smallest absolute Gasteiger partial charge is 0.442 e. The van der Waals surface area contributed by atoms with E-state index in [4.69, 9.17) is 0 Å². The van der Waals surface area contributed by atoms with Crippen molar-refractivity contribution in [2.75, 3.05) is 6.61 Å². The van der Waals surface area contributed by atoms with Crippen molar-refractivity contribution in [2.45, 2.75) is 17.7 Å². The molecule has 1 rings (SSSR count). The fourth-order valence-corrected chi connectivity index (χ4v) is 2.71. The number of ether oxygens (including phenoxy) is 1. The van der Waals surface area contributed by atoms with E-state index in [0.717, 1.165) is 0 Å². The first-order valence-electron chi connectivity index (χ1n) is 5.00. The van der Waals surface area contributed by atoms with Crippen molar-refractivity contribution in [3.05, 3.63) is 34.3 Å². The molecule has 18 heavy (non-hydrogen) atoms. The lowest BCUT2D eigenvalue weighted by Crippen LogP contribution is -2.18. The SMILES string of the molecule is CCOC(=O)[C@H](SC(F)(F)F)c1ccccc1Br. The van der Waals surface area contributed by atoms with E-state index >= 15 is 0 Å². The highest BCUT2D eigenvalue weighted by atomic mass is 79.9. The number of hydrogen-bond acceptors (Lipinski definition) is 3. The first-order chi connectivity index (χ1) is 8.35. The summed E-state index contributed by atoms with van der Waals surface area (Å²) >= 11 is 2.75. The summed E-state index contributed by atoms with van der Waals surface area (Å²) in [7, 11) is 0. The Balaban J connectivity index is 3.05. The van der Waals surface area contributed by atoms with Crippen LogP contribution >= 0.6 is 27.7 Å². The van der Waals surface area contributed by atoms with Gasteiger partial charge in [0, 0.05) is 4.47 Å². The number of carbonyl (C=O) groups is 1. The molecule has 0 aliphatic carbocycles. The van der Waals surface area contributed by atoms with Gasteiger partial charge in [0.05, 0.1) is 6.61 Å². The summed E-state index contributed by atoms with van der Waals surface area (Å²) in [5.74, 6) is -0.897. The normalized spacial score (nSPS) is 13.2. The lowest BCUT2D eigenvalue weighted by molar-refractivity contribution is -0.142. The standard InChI is InChI=1S/C11H10BrF3O2S/c1-2-17-10(16)9(18-11(13,14)15)7-5-3-4-6-8(7)12/h3-6,9H,2H2,1H3/t9-/m1/s1. The van der Waals surface area contributed by atoms with Gasteiger partial charge in [-0.3, -0.25) is 4.79 Å². The van der Waals surface area contributed by atoms with E-state index in [1.807, 2.05) is 0 Å². The number of halogens is 4. The molecule has 0 radical (unpaired) electrons. The molecule has 2 nitrogen and oxygen atoms in total. The van der Waals surface area contributed by atoms with Crippen LogP contribution in [0.2, 0.25) is 0 Å². The van der Waals surface area contributed by atoms with Crippen LogP contribution in [0.25, 0.3) is 0 Å². The van der Waals surface area contributed by atoms with Gasteiger partial charge < -0.3 is 4.74 Å². The van der Waals surface area contributed by atoms with Gasteiger partial charge in [-0.05, 0) is 30.3 Å². The summed E-state index contributed by atoms with van der Waals surface area (Å²) in [5.41, 5.74) is -4.26. The van der Waals surface area contributed by atoms with Gasteiger partial charge in [-0.25, -0.2) is 0 Å². The predicted molar refractivity (Wildman–Crippen MR) is 67.2 cm³/mol. The quantitative estimate of drug-likeness (QED) is 0.763. The molecule has 1 aromatic carbocycles. The van der Waals surface area contributed by atoms with Crippen molar-refractivity contribution in [2.24, 2.45) is 0 Å². The summed E-state index contributed by atoms with van der Waals surface area (Å²) in [4.78, 5) is 11.6. The molecule has 0 aliphatic rings. The number of hydrogen-bond donors (Lipinski definition) is 0. The first-order valence-corrected chi connectivity index (χ1v) is 6.68. The summed E-state index contributed by atoms with van der Waals surface area (Å²) in [5, 5.41) is -1.42. The van der Waals surface area contributed by atoms with Crippen molar-refractivity contribution < 1.29 is 22.7 Å². The summed E-state index contributed by atoms with van der Waals surface area (Å²) in [6.07, 6.45) is 0. The Hall–Kier alpha value is -0.690. The molecule has 1 aromatic rings. The maximum absolute atomic E-state index is 12.5. The Bertz CT molecular complexity index is 423. The number of carbonyl (C=O) groups excluding carboxylic acids is 1. The van der Waals surface area contributed by atoms with Crippen LogP contribution in [0, 0.1) is 0 Å². The van der Waals surface area contributed by atoms with E-state index in [-0.39, 0.29) is 23.9 Å². The molecule has 7 heteroatoms. The predicted octanol–water partition coefficient (Wildman–Crippen LogP) is 4.31. The van der Waals surface area contributed by atoms with Crippen molar-refractivity contribution in [1.82, 2.24) is 0 Å². The monoisotopic (exact) mass is 342 g/mol. The van der Waals surface area contributed by atoms with E-state index in [0.29, 0.717) is 4.47 Å². The number of rotatable bonds is 4. The molecular weight excluding hydrogens is 333 g/mol. The molecule has 0 heterocycles. The Kier molecular flexibility index (Phi) is 5.52. The molecule has 0 saturated heterocycles. The summed E-state index contributed by atoms with van der Waals surface area (Å²) in [6, 6.07) is 6.28. The molecule has 0 fully saturated rings. The minimum atomic E-state index is -4.51. The Morgan fingerprint density at radius 3 is 2.56 bits per heavy atom. The molecule has 0 bridgehead atoms. The van der Waals surface area contributed by atoms with Gasteiger partial charge in [0.2, 0.25) is 0 Å². The van der Waals surface area contributed by atoms with Crippen LogP contribution in [0.15, 0.2) is 28.7 Å². The van der Waals surface area contributed by atoms with Gasteiger partial charge in [0.25, 0.3) is 0 Å². The lowest BCUT2D eigenvalue weighted by Gasteiger charge is -2.18. The first kappa shape index (κ1) is 15.4. The van der Waals surface area contributed by atoms with Crippen molar-refractivity contribution >= 4 is 33.7 Å². The fourth-order valence-electron chi connectivity index (χ4n) is 1.28. The van der Waals surface area contributed by atoms with E-state index in [9.17, 15) is 18.0 Å². The lowest BCUT2D eigenvalue weighted by atomic mass is 10.1. The topological polar surface area (TPSA) is 26.3 Å². The average molecular weight is 343 g/mol. The highest BCUT2D eigenvalue weighted by Crippen LogP contribution is 2.44. The highest BCUT2D eigenvalue weighted by Gasteiger charge is 2.38. The third-order valence-electron chi connectivity index (χ3n) is 1.94. The molecule has 0 N–H and O–H groups in total. The molecular formula is C11H10BrF3O2S. The number of esters is 1.